The number of rotatable bonds is 6. The third kappa shape index (κ3) is 3.42. The highest BCUT2D eigenvalue weighted by Crippen LogP contribution is 2.31. The highest BCUT2D eigenvalue weighted by Gasteiger charge is 2.14. The standard InChI is InChI=1S/C22H22N4O2/c1-28-20-13-16(22(27)24-10-4-9-23)7-8-17(20)21-25-18-11-14-5-2-3-6-15(14)12-19(18)26-21/h2-3,5-8,11-13H,4,9-10,23H2,1H3,(H,24,27)(H,25,26). The summed E-state index contributed by atoms with van der Waals surface area (Å²) in [5.41, 5.74) is 8.66. The molecule has 0 aliphatic rings. The zero-order valence-corrected chi connectivity index (χ0v) is 15.7. The lowest BCUT2D eigenvalue weighted by atomic mass is 10.1. The fraction of sp³-hybridized carbons (Fsp3) is 0.182. The van der Waals surface area contributed by atoms with Crippen molar-refractivity contribution < 1.29 is 9.53 Å². The molecule has 0 radical (unpaired) electrons. The zero-order chi connectivity index (χ0) is 19.5. The first-order chi connectivity index (χ1) is 13.7. The van der Waals surface area contributed by atoms with E-state index >= 15 is 0 Å². The Balaban J connectivity index is 1.70. The topological polar surface area (TPSA) is 93.0 Å². The van der Waals surface area contributed by atoms with Gasteiger partial charge >= 0.3 is 0 Å². The summed E-state index contributed by atoms with van der Waals surface area (Å²) in [5, 5.41) is 5.15. The number of hydrogen-bond donors (Lipinski definition) is 3. The van der Waals surface area contributed by atoms with E-state index in [1.165, 1.54) is 0 Å². The quantitative estimate of drug-likeness (QED) is 0.451. The lowest BCUT2D eigenvalue weighted by Crippen LogP contribution is -2.25. The Bertz CT molecular complexity index is 1100. The number of methoxy groups -OCH3 is 1. The van der Waals surface area contributed by atoms with Gasteiger partial charge in [0.15, 0.2) is 0 Å². The third-order valence-electron chi connectivity index (χ3n) is 4.73. The molecule has 3 aromatic carbocycles. The number of amides is 1. The number of aromatic amines is 1. The zero-order valence-electron chi connectivity index (χ0n) is 15.7. The molecule has 142 valence electrons. The maximum atomic E-state index is 12.3. The van der Waals surface area contributed by atoms with Gasteiger partial charge in [0, 0.05) is 12.1 Å². The molecule has 0 aliphatic heterocycles. The third-order valence-corrected chi connectivity index (χ3v) is 4.73. The molecule has 0 bridgehead atoms. The SMILES string of the molecule is COc1cc(C(=O)NCCCN)ccc1-c1nc2cc3ccccc3cc2[nH]1. The van der Waals surface area contributed by atoms with Crippen LogP contribution in [0.2, 0.25) is 0 Å². The second-order valence-electron chi connectivity index (χ2n) is 6.62. The first-order valence-corrected chi connectivity index (χ1v) is 9.25. The summed E-state index contributed by atoms with van der Waals surface area (Å²) in [5.74, 6) is 1.15. The number of ether oxygens (including phenoxy) is 1. The Labute approximate surface area is 162 Å². The van der Waals surface area contributed by atoms with Crippen molar-refractivity contribution in [1.82, 2.24) is 15.3 Å². The van der Waals surface area contributed by atoms with Crippen molar-refractivity contribution in [2.24, 2.45) is 5.73 Å². The van der Waals surface area contributed by atoms with E-state index in [4.69, 9.17) is 15.5 Å². The fourth-order valence-electron chi connectivity index (χ4n) is 3.26. The first kappa shape index (κ1) is 18.0. The average molecular weight is 374 g/mol. The van der Waals surface area contributed by atoms with Crippen LogP contribution in [0.25, 0.3) is 33.2 Å². The van der Waals surface area contributed by atoms with Crippen LogP contribution in [0.15, 0.2) is 54.6 Å². The van der Waals surface area contributed by atoms with Gasteiger partial charge in [-0.1, -0.05) is 24.3 Å². The molecule has 0 fully saturated rings. The normalized spacial score (nSPS) is 11.1. The molecule has 0 unspecified atom stereocenters. The van der Waals surface area contributed by atoms with E-state index in [2.05, 4.69) is 34.6 Å². The van der Waals surface area contributed by atoms with Crippen LogP contribution in [0.3, 0.4) is 0 Å². The van der Waals surface area contributed by atoms with Gasteiger partial charge in [-0.2, -0.15) is 0 Å². The summed E-state index contributed by atoms with van der Waals surface area (Å²) in [6.45, 7) is 1.10. The van der Waals surface area contributed by atoms with E-state index in [1.807, 2.05) is 18.2 Å². The number of aromatic nitrogens is 2. The van der Waals surface area contributed by atoms with Crippen LogP contribution in [0, 0.1) is 0 Å². The summed E-state index contributed by atoms with van der Waals surface area (Å²) >= 11 is 0. The molecule has 4 rings (SSSR count). The Hall–Kier alpha value is -3.38. The van der Waals surface area contributed by atoms with Gasteiger partial charge in [0.2, 0.25) is 0 Å². The predicted molar refractivity (Wildman–Crippen MR) is 112 cm³/mol. The number of nitrogens with one attached hydrogen (secondary N) is 2. The van der Waals surface area contributed by atoms with Gasteiger partial charge in [-0.05, 0) is 54.1 Å². The highest BCUT2D eigenvalue weighted by molar-refractivity contribution is 5.97. The van der Waals surface area contributed by atoms with Gasteiger partial charge in [0.25, 0.3) is 5.91 Å². The summed E-state index contributed by atoms with van der Waals surface area (Å²) in [7, 11) is 1.59. The largest absolute Gasteiger partial charge is 0.496 e. The van der Waals surface area contributed by atoms with Gasteiger partial charge in [0.1, 0.15) is 11.6 Å². The highest BCUT2D eigenvalue weighted by atomic mass is 16.5. The number of carbonyl (C=O) groups excluding carboxylic acids is 1. The lowest BCUT2D eigenvalue weighted by Gasteiger charge is -2.09. The van der Waals surface area contributed by atoms with Crippen LogP contribution in [0.4, 0.5) is 0 Å². The second-order valence-corrected chi connectivity index (χ2v) is 6.62. The monoisotopic (exact) mass is 374 g/mol. The molecule has 0 atom stereocenters. The van der Waals surface area contributed by atoms with Crippen molar-refractivity contribution in [3.63, 3.8) is 0 Å². The summed E-state index contributed by atoms with van der Waals surface area (Å²) in [6.07, 6.45) is 0.744. The van der Waals surface area contributed by atoms with Crippen LogP contribution in [0.5, 0.6) is 5.75 Å². The minimum atomic E-state index is -0.144. The van der Waals surface area contributed by atoms with Crippen LogP contribution >= 0.6 is 0 Å². The van der Waals surface area contributed by atoms with Crippen molar-refractivity contribution in [2.45, 2.75) is 6.42 Å². The molecular formula is C22H22N4O2. The number of imidazole rings is 1. The average Bonchev–Trinajstić information content (AvgIpc) is 3.14. The molecule has 0 aliphatic carbocycles. The molecule has 0 spiro atoms. The molecule has 1 heterocycles. The summed E-state index contributed by atoms with van der Waals surface area (Å²) in [4.78, 5) is 20.4. The van der Waals surface area contributed by atoms with Crippen molar-refractivity contribution in [3.05, 3.63) is 60.2 Å². The smallest absolute Gasteiger partial charge is 0.251 e. The molecule has 0 saturated heterocycles. The van der Waals surface area contributed by atoms with Gasteiger partial charge in [-0.15, -0.1) is 0 Å². The number of H-pyrrole nitrogens is 1. The number of carbonyl (C=O) groups is 1. The lowest BCUT2D eigenvalue weighted by molar-refractivity contribution is 0.0953. The van der Waals surface area contributed by atoms with Gasteiger partial charge in [-0.25, -0.2) is 4.98 Å². The Morgan fingerprint density at radius 3 is 2.68 bits per heavy atom. The van der Waals surface area contributed by atoms with E-state index in [0.29, 0.717) is 30.2 Å². The van der Waals surface area contributed by atoms with Crippen LogP contribution in [-0.4, -0.2) is 36.1 Å². The summed E-state index contributed by atoms with van der Waals surface area (Å²) in [6, 6.07) is 17.7. The van der Waals surface area contributed by atoms with Crippen LogP contribution < -0.4 is 15.8 Å². The molecule has 1 amide bonds. The molecular weight excluding hydrogens is 352 g/mol. The second kappa shape index (κ2) is 7.70. The van der Waals surface area contributed by atoms with Crippen molar-refractivity contribution in [3.8, 4) is 17.1 Å². The van der Waals surface area contributed by atoms with Gasteiger partial charge in [-0.3, -0.25) is 4.79 Å². The minimum Gasteiger partial charge on any atom is -0.496 e. The van der Waals surface area contributed by atoms with Crippen LogP contribution in [0.1, 0.15) is 16.8 Å². The molecule has 1 aromatic heterocycles. The Kier molecular flexibility index (Phi) is 4.95. The Morgan fingerprint density at radius 2 is 1.93 bits per heavy atom. The number of fused-ring (bicyclic) bond motifs is 2. The molecule has 0 saturated carbocycles. The van der Waals surface area contributed by atoms with Crippen molar-refractivity contribution in [2.75, 3.05) is 20.2 Å². The predicted octanol–water partition coefficient (Wildman–Crippen LogP) is 3.47. The van der Waals surface area contributed by atoms with E-state index < -0.39 is 0 Å². The van der Waals surface area contributed by atoms with Crippen molar-refractivity contribution >= 4 is 27.7 Å². The van der Waals surface area contributed by atoms with Gasteiger partial charge in [0.05, 0.1) is 23.7 Å². The van der Waals surface area contributed by atoms with E-state index in [0.717, 1.165) is 33.8 Å². The maximum Gasteiger partial charge on any atom is 0.251 e. The first-order valence-electron chi connectivity index (χ1n) is 9.25. The molecule has 6 heteroatoms. The summed E-state index contributed by atoms with van der Waals surface area (Å²) < 4.78 is 5.53. The fourth-order valence-corrected chi connectivity index (χ4v) is 3.26. The van der Waals surface area contributed by atoms with Crippen molar-refractivity contribution in [1.29, 1.82) is 0 Å². The van der Waals surface area contributed by atoms with Crippen LogP contribution in [-0.2, 0) is 0 Å². The molecule has 6 nitrogen and oxygen atoms in total. The van der Waals surface area contributed by atoms with Gasteiger partial charge < -0.3 is 20.8 Å². The van der Waals surface area contributed by atoms with E-state index in [-0.39, 0.29) is 5.91 Å². The molecule has 4 aromatic rings. The maximum absolute atomic E-state index is 12.3. The van der Waals surface area contributed by atoms with E-state index in [1.54, 1.807) is 19.2 Å². The number of hydrogen-bond acceptors (Lipinski definition) is 4. The number of nitrogens with zero attached hydrogens (tertiary/aromatic N) is 1. The van der Waals surface area contributed by atoms with E-state index in [9.17, 15) is 4.79 Å². The number of nitrogens with two attached hydrogens (primary N) is 1. The Morgan fingerprint density at radius 1 is 1.14 bits per heavy atom. The number of benzene rings is 3. The molecule has 4 N–H and O–H groups in total. The molecule has 28 heavy (non-hydrogen) atoms. The minimum absolute atomic E-state index is 0.144.